The third kappa shape index (κ3) is 3.08. The summed E-state index contributed by atoms with van der Waals surface area (Å²) >= 11 is 0. The maximum Gasteiger partial charge on any atom is 0.229 e. The van der Waals surface area contributed by atoms with Gasteiger partial charge in [-0.1, -0.05) is 10.4 Å². The lowest BCUT2D eigenvalue weighted by Crippen LogP contribution is -2.46. The van der Waals surface area contributed by atoms with Gasteiger partial charge in [-0.25, -0.2) is 4.68 Å². The van der Waals surface area contributed by atoms with Crippen molar-refractivity contribution in [1.82, 2.24) is 30.0 Å². The van der Waals surface area contributed by atoms with Gasteiger partial charge in [0.05, 0.1) is 12.7 Å². The molecule has 1 aliphatic carbocycles. The van der Waals surface area contributed by atoms with Crippen molar-refractivity contribution in [2.45, 2.75) is 63.6 Å². The van der Waals surface area contributed by atoms with Gasteiger partial charge in [0.25, 0.3) is 0 Å². The molecule has 0 radical (unpaired) electrons. The first kappa shape index (κ1) is 15.7. The molecular weight excluding hydrogens is 308 g/mol. The fraction of sp³-hybridized carbons (Fsp3) is 0.750. The van der Waals surface area contributed by atoms with Gasteiger partial charge in [-0.3, -0.25) is 4.90 Å². The fourth-order valence-corrected chi connectivity index (χ4v) is 3.24. The van der Waals surface area contributed by atoms with Gasteiger partial charge in [0.1, 0.15) is 11.3 Å². The van der Waals surface area contributed by atoms with E-state index in [0.717, 1.165) is 31.7 Å². The van der Waals surface area contributed by atoms with Gasteiger partial charge in [-0.2, -0.15) is 4.98 Å². The number of aromatic nitrogens is 5. The quantitative estimate of drug-likeness (QED) is 0.889. The second-order valence-corrected chi connectivity index (χ2v) is 7.35. The summed E-state index contributed by atoms with van der Waals surface area (Å²) in [5.41, 5.74) is -0.318. The molecule has 2 aromatic rings. The molecule has 1 atom stereocenters. The second kappa shape index (κ2) is 5.93. The summed E-state index contributed by atoms with van der Waals surface area (Å²) in [6.45, 7) is 6.11. The Labute approximate surface area is 140 Å². The molecule has 130 valence electrons. The van der Waals surface area contributed by atoms with E-state index in [1.165, 1.54) is 0 Å². The second-order valence-electron chi connectivity index (χ2n) is 7.35. The van der Waals surface area contributed by atoms with E-state index in [4.69, 9.17) is 4.52 Å². The topological polar surface area (TPSA) is 93.1 Å². The molecule has 8 heteroatoms. The number of hydrogen-bond donors (Lipinski definition) is 1. The van der Waals surface area contributed by atoms with Crippen LogP contribution >= 0.6 is 0 Å². The first-order chi connectivity index (χ1) is 11.5. The predicted octanol–water partition coefficient (Wildman–Crippen LogP) is 1.60. The standard InChI is InChI=1S/C16H24N6O2/c1-11(2)22-8-13(18-20-22)16(23)6-3-7-21(10-16)9-14-17-15(24-19-14)12-4-5-12/h8,11-12,23H,3-7,9-10H2,1-2H3/t16-/m1/s1. The van der Waals surface area contributed by atoms with Gasteiger partial charge < -0.3 is 9.63 Å². The van der Waals surface area contributed by atoms with Crippen molar-refractivity contribution in [3.8, 4) is 0 Å². The maximum atomic E-state index is 11.1. The van der Waals surface area contributed by atoms with Gasteiger partial charge in [-0.15, -0.1) is 5.10 Å². The molecule has 1 aliphatic heterocycles. The zero-order chi connectivity index (χ0) is 16.7. The van der Waals surface area contributed by atoms with Crippen LogP contribution in [-0.2, 0) is 12.1 Å². The van der Waals surface area contributed by atoms with Crippen molar-refractivity contribution in [3.63, 3.8) is 0 Å². The Morgan fingerprint density at radius 3 is 2.96 bits per heavy atom. The number of rotatable bonds is 5. The van der Waals surface area contributed by atoms with Crippen LogP contribution < -0.4 is 0 Å². The zero-order valence-corrected chi connectivity index (χ0v) is 14.2. The lowest BCUT2D eigenvalue weighted by Gasteiger charge is -2.37. The van der Waals surface area contributed by atoms with Gasteiger partial charge in [-0.05, 0) is 46.1 Å². The van der Waals surface area contributed by atoms with Crippen LogP contribution in [0, 0.1) is 0 Å². The molecule has 2 aliphatic rings. The molecule has 8 nitrogen and oxygen atoms in total. The van der Waals surface area contributed by atoms with Crippen LogP contribution in [-0.4, -0.2) is 48.2 Å². The number of likely N-dealkylation sites (tertiary alicyclic amines) is 1. The monoisotopic (exact) mass is 332 g/mol. The Morgan fingerprint density at radius 2 is 2.25 bits per heavy atom. The molecule has 4 rings (SSSR count). The highest BCUT2D eigenvalue weighted by Gasteiger charge is 2.38. The largest absolute Gasteiger partial charge is 0.382 e. The van der Waals surface area contributed by atoms with Crippen LogP contribution in [0.3, 0.4) is 0 Å². The van der Waals surface area contributed by atoms with Crippen LogP contribution in [0.15, 0.2) is 10.7 Å². The Bertz CT molecular complexity index is 707. The number of hydrogen-bond acceptors (Lipinski definition) is 7. The highest BCUT2D eigenvalue weighted by atomic mass is 16.5. The Balaban J connectivity index is 1.45. The van der Waals surface area contributed by atoms with E-state index in [-0.39, 0.29) is 6.04 Å². The zero-order valence-electron chi connectivity index (χ0n) is 14.2. The fourth-order valence-electron chi connectivity index (χ4n) is 3.24. The normalized spacial score (nSPS) is 25.5. The highest BCUT2D eigenvalue weighted by Crippen LogP contribution is 2.39. The summed E-state index contributed by atoms with van der Waals surface area (Å²) in [5.74, 6) is 1.93. The van der Waals surface area contributed by atoms with E-state index < -0.39 is 5.60 Å². The Kier molecular flexibility index (Phi) is 3.88. The van der Waals surface area contributed by atoms with E-state index in [0.29, 0.717) is 36.9 Å². The smallest absolute Gasteiger partial charge is 0.229 e. The van der Waals surface area contributed by atoms with Crippen molar-refractivity contribution >= 4 is 0 Å². The van der Waals surface area contributed by atoms with Gasteiger partial charge in [0.2, 0.25) is 5.89 Å². The van der Waals surface area contributed by atoms with E-state index in [1.54, 1.807) is 4.68 Å². The van der Waals surface area contributed by atoms with Crippen LogP contribution in [0.5, 0.6) is 0 Å². The van der Waals surface area contributed by atoms with Crippen LogP contribution in [0.1, 0.15) is 68.9 Å². The van der Waals surface area contributed by atoms with E-state index in [2.05, 4.69) is 25.4 Å². The molecule has 3 heterocycles. The van der Waals surface area contributed by atoms with Crippen molar-refractivity contribution in [2.24, 2.45) is 0 Å². The summed E-state index contributed by atoms with van der Waals surface area (Å²) in [6, 6.07) is 0.231. The maximum absolute atomic E-state index is 11.1. The van der Waals surface area contributed by atoms with E-state index in [9.17, 15) is 5.11 Å². The Hall–Kier alpha value is -1.80. The first-order valence-corrected chi connectivity index (χ1v) is 8.73. The third-order valence-corrected chi connectivity index (χ3v) is 4.84. The number of β-amino-alcohol motifs (C(OH)–C–C–N with tert-alkyl or cyclic N) is 1. The summed E-state index contributed by atoms with van der Waals surface area (Å²) in [5, 5.41) is 23.5. The highest BCUT2D eigenvalue weighted by molar-refractivity contribution is 5.10. The summed E-state index contributed by atoms with van der Waals surface area (Å²) in [7, 11) is 0. The summed E-state index contributed by atoms with van der Waals surface area (Å²) < 4.78 is 7.11. The third-order valence-electron chi connectivity index (χ3n) is 4.84. The molecule has 1 N–H and O–H groups in total. The molecule has 0 spiro atoms. The van der Waals surface area contributed by atoms with Crippen molar-refractivity contribution in [3.05, 3.63) is 23.6 Å². The minimum absolute atomic E-state index is 0.231. The lowest BCUT2D eigenvalue weighted by molar-refractivity contribution is -0.0422. The van der Waals surface area contributed by atoms with E-state index >= 15 is 0 Å². The SMILES string of the molecule is CC(C)n1cc([C@@]2(O)CCCN(Cc3noc(C4CC4)n3)C2)nn1. The van der Waals surface area contributed by atoms with Crippen molar-refractivity contribution < 1.29 is 9.63 Å². The van der Waals surface area contributed by atoms with E-state index in [1.807, 2.05) is 20.0 Å². The van der Waals surface area contributed by atoms with Gasteiger partial charge >= 0.3 is 0 Å². The van der Waals surface area contributed by atoms with Crippen LogP contribution in [0.25, 0.3) is 0 Å². The van der Waals surface area contributed by atoms with Gasteiger partial charge in [0, 0.05) is 18.5 Å². The average Bonchev–Trinajstić information content (AvgIpc) is 3.08. The summed E-state index contributed by atoms with van der Waals surface area (Å²) in [6.07, 6.45) is 5.75. The van der Waals surface area contributed by atoms with Crippen molar-refractivity contribution in [2.75, 3.05) is 13.1 Å². The molecule has 0 aromatic carbocycles. The van der Waals surface area contributed by atoms with Gasteiger partial charge in [0.15, 0.2) is 5.82 Å². The van der Waals surface area contributed by atoms with Crippen LogP contribution in [0.2, 0.25) is 0 Å². The molecule has 1 saturated heterocycles. The number of aliphatic hydroxyl groups is 1. The summed E-state index contributed by atoms with van der Waals surface area (Å²) in [4.78, 5) is 6.65. The lowest BCUT2D eigenvalue weighted by atomic mass is 9.90. The predicted molar refractivity (Wildman–Crippen MR) is 85.1 cm³/mol. The average molecular weight is 332 g/mol. The molecule has 0 bridgehead atoms. The molecule has 2 fully saturated rings. The van der Waals surface area contributed by atoms with Crippen molar-refractivity contribution in [1.29, 1.82) is 0 Å². The molecule has 0 amide bonds. The molecule has 0 unspecified atom stereocenters. The molecule has 2 aromatic heterocycles. The molecular formula is C16H24N6O2. The minimum Gasteiger partial charge on any atom is -0.382 e. The molecule has 24 heavy (non-hydrogen) atoms. The molecule has 1 saturated carbocycles. The number of nitrogens with zero attached hydrogens (tertiary/aromatic N) is 6. The Morgan fingerprint density at radius 1 is 1.42 bits per heavy atom. The first-order valence-electron chi connectivity index (χ1n) is 8.73. The minimum atomic E-state index is -0.964. The number of piperidine rings is 1. The van der Waals surface area contributed by atoms with Crippen LogP contribution in [0.4, 0.5) is 0 Å².